The largest absolute Gasteiger partial charge is 0.423 e. The van der Waals surface area contributed by atoms with E-state index >= 15 is 0 Å². The van der Waals surface area contributed by atoms with Gasteiger partial charge in [0.25, 0.3) is 0 Å². The molecule has 0 bridgehead atoms. The van der Waals surface area contributed by atoms with Crippen LogP contribution in [-0.4, -0.2) is 161 Å². The van der Waals surface area contributed by atoms with Crippen molar-refractivity contribution in [2.24, 2.45) is 0 Å². The van der Waals surface area contributed by atoms with Gasteiger partial charge >= 0.3 is 12.0 Å². The molecule has 6 rings (SSSR count). The second-order valence-corrected chi connectivity index (χ2v) is 15.9. The van der Waals surface area contributed by atoms with Crippen molar-refractivity contribution in [3.05, 3.63) is 73.8 Å². The lowest BCUT2D eigenvalue weighted by molar-refractivity contribution is -0.141. The van der Waals surface area contributed by atoms with Crippen LogP contribution in [0, 0.1) is 11.8 Å². The van der Waals surface area contributed by atoms with Crippen LogP contribution in [0.3, 0.4) is 0 Å². The topological polar surface area (TPSA) is 258 Å². The Morgan fingerprint density at radius 3 is 1.56 bits per heavy atom. The third-order valence-electron chi connectivity index (χ3n) is 11.3. The van der Waals surface area contributed by atoms with Crippen LogP contribution in [0.15, 0.2) is 73.8 Å². The van der Waals surface area contributed by atoms with E-state index in [1.54, 1.807) is 68.4 Å². The molecule has 2 aromatic heterocycles. The van der Waals surface area contributed by atoms with Crippen molar-refractivity contribution in [2.75, 3.05) is 33.8 Å². The second-order valence-electron chi connectivity index (χ2n) is 15.9. The molecule has 2 aliphatic rings. The Balaban J connectivity index is 0.000000288. The molecule has 4 amide bonds. The maximum absolute atomic E-state index is 13.7. The Hall–Kier alpha value is -6.80. The fourth-order valence-electron chi connectivity index (χ4n) is 7.27. The summed E-state index contributed by atoms with van der Waals surface area (Å²) in [7, 11) is 3.34. The van der Waals surface area contributed by atoms with Crippen molar-refractivity contribution >= 4 is 23.6 Å². The average Bonchev–Trinajstić information content (AvgIpc) is 4.20. The van der Waals surface area contributed by atoms with E-state index in [0.717, 1.165) is 25.7 Å². The molecule has 0 radical (unpaired) electrons. The number of likely N-dealkylation sites (tertiary alicyclic amines) is 2. The maximum Gasteiger partial charge on any atom is 0.341 e. The molecule has 5 N–H and O–H groups in total. The summed E-state index contributed by atoms with van der Waals surface area (Å²) < 4.78 is 20.4. The normalized spacial score (nSPS) is 17.8. The molecule has 8 atom stereocenters. The fraction of sp³-hybridized carbons (Fsp3) is 0.522. The summed E-state index contributed by atoms with van der Waals surface area (Å²) >= 11 is 0. The first kappa shape index (κ1) is 53.8. The van der Waals surface area contributed by atoms with Crippen molar-refractivity contribution in [3.63, 3.8) is 0 Å². The van der Waals surface area contributed by atoms with Gasteiger partial charge in [0.05, 0.1) is 49.5 Å². The predicted octanol–water partition coefficient (Wildman–Crippen LogP) is 1.71. The standard InChI is InChI=1S/C24H33N7O4.C20H29N7O4.C2H4/c1-5-6-15-34-18(3)21(26-22(32)17(2)25-4)23(33)30-14-10-11-19(30)16-31-24(27-28-29-31)35-20-12-8-7-9-13-20;1-13(21-3)18(29)22-17(14(2)28)19(30)26-11-7-8-15(26)12-27-20(23-24-25-27)31-16-9-5-4-6-10-16;1-2/h7-9,12-13,17-19,21,25H,10-11,14-16H2,1-4H3,(H,26,32);4-6,9-10,13-15,17,21,28H,7-8,11-12H2,1-3H3,(H,22,29);1-2H2/t17?,18?,19?,21-;13?,14-,15?,17+;/m01./s1. The first-order chi connectivity index (χ1) is 32.8. The van der Waals surface area contributed by atoms with E-state index in [4.69, 9.17) is 14.2 Å². The first-order valence-corrected chi connectivity index (χ1v) is 22.6. The number of tetrazole rings is 2. The van der Waals surface area contributed by atoms with Crippen LogP contribution in [0.5, 0.6) is 23.5 Å². The highest BCUT2D eigenvalue weighted by Gasteiger charge is 2.39. The van der Waals surface area contributed by atoms with Crippen LogP contribution >= 0.6 is 0 Å². The number of benzene rings is 2. The molecule has 2 saturated heterocycles. The minimum absolute atomic E-state index is 0.159. The fourth-order valence-corrected chi connectivity index (χ4v) is 7.27. The Morgan fingerprint density at radius 1 is 0.721 bits per heavy atom. The summed E-state index contributed by atoms with van der Waals surface area (Å²) in [6.45, 7) is 16.4. The SMILES string of the molecule is C=C.CC#CCOC(C)[C@H](NC(=O)C(C)NC)C(=O)N1CCCC1Cn1nnnc1Oc1ccccc1.CNC(C)C(=O)N[C@H](C(=O)N1CCCC1Cn1nnnc1Oc1ccccc1)[C@@H](C)O. The molecule has 4 aromatic rings. The molecular formula is C46H66N14O8. The molecule has 5 unspecified atom stereocenters. The first-order valence-electron chi connectivity index (χ1n) is 22.6. The molecule has 2 aromatic carbocycles. The number of carbonyl (C=O) groups is 4. The Labute approximate surface area is 397 Å². The number of aliphatic hydroxyl groups is 1. The molecule has 4 heterocycles. The lowest BCUT2D eigenvalue weighted by Gasteiger charge is -2.32. The number of ether oxygens (including phenoxy) is 3. The minimum Gasteiger partial charge on any atom is -0.423 e. The molecule has 68 heavy (non-hydrogen) atoms. The Kier molecular flexibility index (Phi) is 22.0. The van der Waals surface area contributed by atoms with E-state index in [0.29, 0.717) is 37.7 Å². The van der Waals surface area contributed by atoms with Crippen molar-refractivity contribution in [1.29, 1.82) is 0 Å². The summed E-state index contributed by atoms with van der Waals surface area (Å²) in [5, 5.41) is 44.8. The molecular weight excluding hydrogens is 877 g/mol. The highest BCUT2D eigenvalue weighted by molar-refractivity contribution is 5.91. The van der Waals surface area contributed by atoms with Gasteiger partial charge in [0.1, 0.15) is 30.2 Å². The third-order valence-corrected chi connectivity index (χ3v) is 11.3. The summed E-state index contributed by atoms with van der Waals surface area (Å²) in [4.78, 5) is 55.2. The summed E-state index contributed by atoms with van der Waals surface area (Å²) in [6, 6.07) is 15.7. The van der Waals surface area contributed by atoms with E-state index in [2.05, 4.69) is 77.3 Å². The molecule has 0 saturated carbocycles. The number of aromatic nitrogens is 8. The van der Waals surface area contributed by atoms with Crippen LogP contribution < -0.4 is 30.7 Å². The van der Waals surface area contributed by atoms with Crippen LogP contribution in [0.4, 0.5) is 0 Å². The zero-order valence-corrected chi connectivity index (χ0v) is 39.9. The summed E-state index contributed by atoms with van der Waals surface area (Å²) in [6.07, 6.45) is 1.57. The molecule has 368 valence electrons. The monoisotopic (exact) mass is 943 g/mol. The number of para-hydroxylation sites is 2. The number of likely N-dealkylation sites (N-methyl/N-ethyl adjacent to an activating group) is 2. The number of amides is 4. The Bertz CT molecular complexity index is 2230. The number of nitrogens with zero attached hydrogens (tertiary/aromatic N) is 10. The Morgan fingerprint density at radius 2 is 1.15 bits per heavy atom. The number of rotatable bonds is 20. The zero-order valence-electron chi connectivity index (χ0n) is 39.9. The van der Waals surface area contributed by atoms with Crippen LogP contribution in [-0.2, 0) is 37.0 Å². The third kappa shape index (κ3) is 15.4. The van der Waals surface area contributed by atoms with Crippen molar-refractivity contribution < 1.29 is 38.5 Å². The summed E-state index contributed by atoms with van der Waals surface area (Å²) in [5.74, 6) is 5.66. The number of carbonyl (C=O) groups excluding carboxylic acids is 4. The van der Waals surface area contributed by atoms with Gasteiger partial charge in [-0.25, -0.2) is 0 Å². The molecule has 22 heteroatoms. The smallest absolute Gasteiger partial charge is 0.341 e. The van der Waals surface area contributed by atoms with E-state index in [1.165, 1.54) is 11.6 Å². The van der Waals surface area contributed by atoms with Crippen molar-refractivity contribution in [3.8, 4) is 35.4 Å². The van der Waals surface area contributed by atoms with Crippen LogP contribution in [0.1, 0.15) is 60.3 Å². The van der Waals surface area contributed by atoms with Crippen molar-refractivity contribution in [1.82, 2.24) is 71.5 Å². The number of aliphatic hydroxyl groups excluding tert-OH is 1. The summed E-state index contributed by atoms with van der Waals surface area (Å²) in [5.41, 5.74) is 0. The zero-order chi connectivity index (χ0) is 49.6. The van der Waals surface area contributed by atoms with Gasteiger partial charge in [0.15, 0.2) is 0 Å². The average molecular weight is 943 g/mol. The van der Waals surface area contributed by atoms with E-state index in [9.17, 15) is 24.3 Å². The van der Waals surface area contributed by atoms with Crippen LogP contribution in [0.25, 0.3) is 0 Å². The van der Waals surface area contributed by atoms with Gasteiger partial charge in [-0.05, 0) is 120 Å². The lowest BCUT2D eigenvalue weighted by atomic mass is 10.1. The van der Waals surface area contributed by atoms with Crippen LogP contribution in [0.2, 0.25) is 0 Å². The minimum atomic E-state index is -1.04. The molecule has 2 aliphatic heterocycles. The van der Waals surface area contributed by atoms with Gasteiger partial charge < -0.3 is 50.4 Å². The quantitative estimate of drug-likeness (QED) is 0.0624. The maximum atomic E-state index is 13.7. The number of nitrogens with one attached hydrogen (secondary N) is 4. The van der Waals surface area contributed by atoms with Gasteiger partial charge in [-0.3, -0.25) is 19.2 Å². The predicted molar refractivity (Wildman–Crippen MR) is 251 cm³/mol. The van der Waals surface area contributed by atoms with Gasteiger partial charge in [-0.15, -0.1) is 19.1 Å². The van der Waals surface area contributed by atoms with Gasteiger partial charge in [-0.1, -0.05) is 52.5 Å². The highest BCUT2D eigenvalue weighted by Crippen LogP contribution is 2.26. The molecule has 0 spiro atoms. The van der Waals surface area contributed by atoms with E-state index in [1.807, 2.05) is 48.5 Å². The van der Waals surface area contributed by atoms with Gasteiger partial charge in [-0.2, -0.15) is 9.36 Å². The molecule has 2 fully saturated rings. The van der Waals surface area contributed by atoms with Gasteiger partial charge in [0.2, 0.25) is 23.6 Å². The molecule has 22 nitrogen and oxygen atoms in total. The van der Waals surface area contributed by atoms with E-state index < -0.39 is 36.4 Å². The number of hydrogen-bond donors (Lipinski definition) is 5. The highest BCUT2D eigenvalue weighted by atomic mass is 16.5. The molecule has 0 aliphatic carbocycles. The van der Waals surface area contributed by atoms with E-state index in [-0.39, 0.29) is 54.3 Å². The lowest BCUT2D eigenvalue weighted by Crippen LogP contribution is -2.58. The second kappa shape index (κ2) is 27.7. The van der Waals surface area contributed by atoms with Gasteiger partial charge in [0, 0.05) is 13.1 Å². The number of hydrogen-bond acceptors (Lipinski definition) is 16. The van der Waals surface area contributed by atoms with Crippen molar-refractivity contribution in [2.45, 2.75) is 122 Å².